The maximum atomic E-state index is 9.87. The first-order valence-electron chi connectivity index (χ1n) is 33.0. The standard InChI is InChI=1S/C66H62N4O/c1-44(2)35-47-38-63(67-42-58(47)46-23-13-10-14-24-46)70-59-30-16-15-27-56(59)57-34-33-53(41-62(57)70)71-52-26-19-25-51(40-52)68-43-69(61-32-18-17-31-60(61)68)64-54(45-21-11-9-12-22-45)28-20-29-55(64)48-36-49(65(3,4)5)39-50(37-48)66(6,7)8/h9-34,36-42,44H,35,43H2,1-8H3/i1D3,2D3,9D,10D,11D,12D,13D,14D,21D,22D,23D,24D,38D,42D,44D. The van der Waals surface area contributed by atoms with Crippen LogP contribution in [0.25, 0.3) is 61.0 Å². The van der Waals surface area contributed by atoms with Crippen molar-refractivity contribution in [3.63, 3.8) is 0 Å². The summed E-state index contributed by atoms with van der Waals surface area (Å²) in [5.41, 5.74) is 5.80. The monoisotopic (exact) mass is 946 g/mol. The van der Waals surface area contributed by atoms with Crippen LogP contribution in [0.1, 0.15) is 98.0 Å². The van der Waals surface area contributed by atoms with E-state index < -0.39 is 103 Å². The first-order chi connectivity index (χ1) is 42.0. The van der Waals surface area contributed by atoms with Crippen molar-refractivity contribution >= 4 is 44.6 Å². The van der Waals surface area contributed by atoms with E-state index in [4.69, 9.17) is 25.3 Å². The summed E-state index contributed by atoms with van der Waals surface area (Å²) in [5.74, 6) is -2.95. The molecule has 3 heterocycles. The van der Waals surface area contributed by atoms with Crippen LogP contribution < -0.4 is 14.5 Å². The van der Waals surface area contributed by atoms with Gasteiger partial charge in [-0.05, 0) is 105 Å². The summed E-state index contributed by atoms with van der Waals surface area (Å²) in [4.78, 5) is 8.75. The number of anilines is 4. The number of para-hydroxylation sites is 4. The Kier molecular flexibility index (Phi) is 7.33. The molecule has 10 aromatic rings. The average Bonchev–Trinajstić information content (AvgIpc) is 1.35. The summed E-state index contributed by atoms with van der Waals surface area (Å²) in [6.45, 7) is 6.10. The Bertz CT molecular complexity index is 4490. The molecule has 0 radical (unpaired) electrons. The second kappa shape index (κ2) is 18.1. The smallest absolute Gasteiger partial charge is 0.137 e. The number of hydrogen-bond donors (Lipinski definition) is 0. The predicted molar refractivity (Wildman–Crippen MR) is 299 cm³/mol. The van der Waals surface area contributed by atoms with Gasteiger partial charge in [0.05, 0.1) is 44.5 Å². The molecular weight excluding hydrogens is 865 g/mol. The zero-order chi connectivity index (χ0) is 65.4. The highest BCUT2D eigenvalue weighted by molar-refractivity contribution is 6.09. The van der Waals surface area contributed by atoms with Crippen LogP contribution in [-0.2, 0) is 17.3 Å². The van der Waals surface area contributed by atoms with Gasteiger partial charge in [-0.3, -0.25) is 4.57 Å². The van der Waals surface area contributed by atoms with E-state index >= 15 is 0 Å². The van der Waals surface area contributed by atoms with Gasteiger partial charge >= 0.3 is 0 Å². The molecule has 5 heteroatoms. The lowest BCUT2D eigenvalue weighted by Crippen LogP contribution is -2.25. The Balaban J connectivity index is 1.05. The van der Waals surface area contributed by atoms with Crippen molar-refractivity contribution in [1.82, 2.24) is 9.55 Å². The van der Waals surface area contributed by atoms with Gasteiger partial charge in [0, 0.05) is 61.1 Å². The first-order valence-corrected chi connectivity index (χ1v) is 23.5. The molecule has 0 atom stereocenters. The molecule has 1 aliphatic rings. The molecule has 0 bridgehead atoms. The van der Waals surface area contributed by atoms with Crippen molar-refractivity contribution in [2.45, 2.75) is 72.5 Å². The Labute approximate surface area is 446 Å². The number of hydrogen-bond acceptors (Lipinski definition) is 4. The molecule has 0 amide bonds. The van der Waals surface area contributed by atoms with Gasteiger partial charge in [0.2, 0.25) is 0 Å². The van der Waals surface area contributed by atoms with Crippen LogP contribution in [0, 0.1) is 5.89 Å². The lowest BCUT2D eigenvalue weighted by atomic mass is 9.78. The molecule has 8 aromatic carbocycles. The predicted octanol–water partition coefficient (Wildman–Crippen LogP) is 18.0. The normalized spacial score (nSPS) is 17.2. The van der Waals surface area contributed by atoms with E-state index in [1.807, 2.05) is 60.7 Å². The van der Waals surface area contributed by atoms with E-state index in [0.29, 0.717) is 50.2 Å². The molecule has 11 rings (SSSR count). The average molecular weight is 946 g/mol. The van der Waals surface area contributed by atoms with E-state index in [2.05, 4.69) is 74.5 Å². The Morgan fingerprint density at radius 2 is 1.20 bits per heavy atom. The van der Waals surface area contributed by atoms with Gasteiger partial charge in [-0.2, -0.15) is 0 Å². The molecule has 2 aromatic heterocycles. The molecule has 71 heavy (non-hydrogen) atoms. The maximum absolute atomic E-state index is 9.87. The third kappa shape index (κ3) is 8.75. The number of benzene rings is 8. The fourth-order valence-corrected chi connectivity index (χ4v) is 9.42. The van der Waals surface area contributed by atoms with Gasteiger partial charge < -0.3 is 14.5 Å². The number of aromatic nitrogens is 2. The second-order valence-electron chi connectivity index (χ2n) is 19.8. The van der Waals surface area contributed by atoms with Crippen molar-refractivity contribution in [2.75, 3.05) is 16.5 Å². The van der Waals surface area contributed by atoms with E-state index in [9.17, 15) is 5.48 Å². The molecule has 0 saturated heterocycles. The SMILES string of the molecule is [2H]c1nc(-n2c3ccccc3c3ccc(Oc4cccc(N5CN(c6c(-c7cc(C(C)(C)C)cc(C(C)(C)C)c7)cccc6-c6c([2H])c([2H])c([2H])c([2H])c6[2H])c6ccccc65)c4)cc32)c([2H])c(CC([2H])(C([2H])([2H])[2H])C([2H])([2H])[2H])c1-c1c([2H])c([2H])c([2H])c([2H])c1[2H]. The van der Waals surface area contributed by atoms with Crippen LogP contribution in [-0.4, -0.2) is 16.2 Å². The van der Waals surface area contributed by atoms with Crippen LogP contribution in [0.4, 0.5) is 22.7 Å². The minimum absolute atomic E-state index is 0.0563. The van der Waals surface area contributed by atoms with Crippen molar-refractivity contribution in [1.29, 1.82) is 0 Å². The van der Waals surface area contributed by atoms with Crippen LogP contribution in [0.2, 0.25) is 0 Å². The molecule has 0 saturated carbocycles. The fourth-order valence-electron chi connectivity index (χ4n) is 9.42. The lowest BCUT2D eigenvalue weighted by Gasteiger charge is -2.29. The summed E-state index contributed by atoms with van der Waals surface area (Å²) < 4.78 is 174. The minimum Gasteiger partial charge on any atom is -0.457 e. The van der Waals surface area contributed by atoms with Crippen LogP contribution in [0.5, 0.6) is 11.5 Å². The number of ether oxygens (including phenoxy) is 1. The lowest BCUT2D eigenvalue weighted by molar-refractivity contribution is 0.483. The van der Waals surface area contributed by atoms with Gasteiger partial charge in [0.15, 0.2) is 0 Å². The molecule has 0 aliphatic carbocycles. The van der Waals surface area contributed by atoms with Crippen LogP contribution >= 0.6 is 0 Å². The van der Waals surface area contributed by atoms with Gasteiger partial charge in [-0.25, -0.2) is 4.98 Å². The highest BCUT2D eigenvalue weighted by atomic mass is 16.5. The number of nitrogens with zero attached hydrogens (tertiary/aromatic N) is 4. The summed E-state index contributed by atoms with van der Waals surface area (Å²) in [7, 11) is 0. The molecule has 0 spiro atoms. The van der Waals surface area contributed by atoms with E-state index in [1.165, 1.54) is 4.57 Å². The summed E-state index contributed by atoms with van der Waals surface area (Å²) in [6.07, 6.45) is -2.02. The molecule has 0 fully saturated rings. The fraction of sp³-hybridized carbons (Fsp3) is 0.197. The maximum Gasteiger partial charge on any atom is 0.137 e. The van der Waals surface area contributed by atoms with Crippen LogP contribution in [0.3, 0.4) is 0 Å². The molecule has 1 aliphatic heterocycles. The van der Waals surface area contributed by atoms with Crippen molar-refractivity contribution in [2.24, 2.45) is 5.89 Å². The summed E-state index contributed by atoms with van der Waals surface area (Å²) in [5, 5.41) is 1.27. The molecular formula is C66H62N4O. The number of rotatable bonds is 10. The van der Waals surface area contributed by atoms with Gasteiger partial charge in [0.25, 0.3) is 0 Å². The van der Waals surface area contributed by atoms with Gasteiger partial charge in [-0.15, -0.1) is 0 Å². The zero-order valence-electron chi connectivity index (χ0n) is 59.2. The highest BCUT2D eigenvalue weighted by Gasteiger charge is 2.32. The summed E-state index contributed by atoms with van der Waals surface area (Å²) >= 11 is 0. The Morgan fingerprint density at radius 3 is 1.89 bits per heavy atom. The summed E-state index contributed by atoms with van der Waals surface area (Å²) in [6, 6.07) is 33.0. The Hall–Kier alpha value is -7.89. The largest absolute Gasteiger partial charge is 0.457 e. The number of fused-ring (bicyclic) bond motifs is 4. The van der Waals surface area contributed by atoms with Crippen LogP contribution in [0.15, 0.2) is 200 Å². The van der Waals surface area contributed by atoms with E-state index in [1.54, 1.807) is 48.5 Å². The quantitative estimate of drug-likeness (QED) is 0.137. The van der Waals surface area contributed by atoms with Gasteiger partial charge in [0.1, 0.15) is 24.0 Å². The highest BCUT2D eigenvalue weighted by Crippen LogP contribution is 2.51. The molecule has 0 unspecified atom stereocenters. The first kappa shape index (κ1) is 28.7. The van der Waals surface area contributed by atoms with E-state index in [-0.39, 0.29) is 41.0 Å². The van der Waals surface area contributed by atoms with Gasteiger partial charge in [-0.1, -0.05) is 188 Å². The van der Waals surface area contributed by atoms with Crippen molar-refractivity contribution < 1.29 is 30.8 Å². The molecule has 5 nitrogen and oxygen atoms in total. The minimum atomic E-state index is -3.52. The Morgan fingerprint density at radius 1 is 0.592 bits per heavy atom. The third-order valence-electron chi connectivity index (χ3n) is 13.0. The second-order valence-corrected chi connectivity index (χ2v) is 19.8. The zero-order valence-corrected chi connectivity index (χ0v) is 40.2. The van der Waals surface area contributed by atoms with Crippen molar-refractivity contribution in [3.05, 3.63) is 217 Å². The van der Waals surface area contributed by atoms with E-state index in [0.717, 1.165) is 33.6 Å². The molecule has 352 valence electrons. The topological polar surface area (TPSA) is 33.5 Å². The van der Waals surface area contributed by atoms with Crippen molar-refractivity contribution in [3.8, 4) is 50.7 Å². The molecule has 0 N–H and O–H groups in total. The third-order valence-corrected chi connectivity index (χ3v) is 13.0. The number of pyridine rings is 1.